The number of carbonyl (C=O) groups excluding carboxylic acids is 2. The van der Waals surface area contributed by atoms with Gasteiger partial charge in [0, 0.05) is 5.92 Å². The summed E-state index contributed by atoms with van der Waals surface area (Å²) in [4.78, 5) is 27.8. The highest BCUT2D eigenvalue weighted by atomic mass is 32.2. The average molecular weight is 405 g/mol. The minimum Gasteiger partial charge on any atom is -0.497 e. The highest BCUT2D eigenvalue weighted by Gasteiger charge is 2.56. The van der Waals surface area contributed by atoms with Gasteiger partial charge in [0.1, 0.15) is 11.0 Å². The fraction of sp³-hybridized carbons (Fsp3) is 0.227. The van der Waals surface area contributed by atoms with Crippen LogP contribution in [0.3, 0.4) is 0 Å². The maximum Gasteiger partial charge on any atom is 0.248 e. The molecule has 0 aromatic heterocycles. The Morgan fingerprint density at radius 3 is 2.31 bits per heavy atom. The van der Waals surface area contributed by atoms with Gasteiger partial charge in [0.15, 0.2) is 0 Å². The van der Waals surface area contributed by atoms with Crippen LogP contribution in [0.15, 0.2) is 59.1 Å². The van der Waals surface area contributed by atoms with Crippen molar-refractivity contribution in [3.05, 3.63) is 70.3 Å². The van der Waals surface area contributed by atoms with E-state index < -0.39 is 17.1 Å². The van der Waals surface area contributed by atoms with Crippen molar-refractivity contribution in [1.29, 1.82) is 5.26 Å². The Morgan fingerprint density at radius 1 is 1.07 bits per heavy atom. The number of benzene rings is 2. The van der Waals surface area contributed by atoms with Gasteiger partial charge in [-0.25, -0.2) is 4.90 Å². The molecule has 2 aromatic rings. The third-order valence-corrected chi connectivity index (χ3v) is 6.60. The van der Waals surface area contributed by atoms with Crippen LogP contribution >= 0.6 is 11.8 Å². The largest absolute Gasteiger partial charge is 0.497 e. The number of methoxy groups -OCH3 is 1. The predicted octanol–water partition coefficient (Wildman–Crippen LogP) is 3.09. The quantitative estimate of drug-likeness (QED) is 0.789. The van der Waals surface area contributed by atoms with Gasteiger partial charge in [0.05, 0.1) is 35.4 Å². The summed E-state index contributed by atoms with van der Waals surface area (Å²) in [6.07, 6.45) is 0. The van der Waals surface area contributed by atoms with Crippen LogP contribution in [0.2, 0.25) is 0 Å². The number of carbonyl (C=O) groups is 2. The van der Waals surface area contributed by atoms with Gasteiger partial charge >= 0.3 is 0 Å². The molecular weight excluding hydrogens is 386 g/mol. The predicted molar refractivity (Wildman–Crippen MR) is 111 cm³/mol. The van der Waals surface area contributed by atoms with Gasteiger partial charge in [-0.2, -0.15) is 5.26 Å². The summed E-state index contributed by atoms with van der Waals surface area (Å²) in [5.41, 5.74) is 8.81. The fourth-order valence-electron chi connectivity index (χ4n) is 3.90. The van der Waals surface area contributed by atoms with E-state index in [0.717, 1.165) is 22.9 Å². The maximum atomic E-state index is 13.4. The van der Waals surface area contributed by atoms with Gasteiger partial charge in [-0.15, -0.1) is 0 Å². The number of fused-ring (bicyclic) bond motifs is 1. The van der Waals surface area contributed by atoms with Crippen molar-refractivity contribution in [3.63, 3.8) is 0 Å². The van der Waals surface area contributed by atoms with E-state index in [1.54, 1.807) is 31.4 Å². The van der Waals surface area contributed by atoms with Crippen LogP contribution in [0.25, 0.3) is 0 Å². The molecule has 146 valence electrons. The number of thioether (sulfide) groups is 1. The summed E-state index contributed by atoms with van der Waals surface area (Å²) in [5, 5.41) is 9.38. The first-order valence-corrected chi connectivity index (χ1v) is 9.99. The number of anilines is 1. The number of hydrogen-bond acceptors (Lipinski definition) is 6. The second-order valence-electron chi connectivity index (χ2n) is 7.05. The van der Waals surface area contributed by atoms with Gasteiger partial charge in [-0.05, 0) is 36.8 Å². The van der Waals surface area contributed by atoms with Crippen LogP contribution < -0.4 is 15.4 Å². The first kappa shape index (κ1) is 19.1. The molecule has 0 bridgehead atoms. The molecule has 2 aliphatic rings. The lowest BCUT2D eigenvalue weighted by molar-refractivity contribution is -0.122. The Morgan fingerprint density at radius 2 is 1.72 bits per heavy atom. The van der Waals surface area contributed by atoms with Crippen LogP contribution in [-0.2, 0) is 9.59 Å². The Hall–Kier alpha value is -3.24. The van der Waals surface area contributed by atoms with Crippen molar-refractivity contribution >= 4 is 29.3 Å². The molecule has 4 rings (SSSR count). The smallest absolute Gasteiger partial charge is 0.248 e. The minimum absolute atomic E-state index is 0.293. The van der Waals surface area contributed by atoms with Crippen LogP contribution in [0.5, 0.6) is 5.75 Å². The van der Waals surface area contributed by atoms with Crippen molar-refractivity contribution in [1.82, 2.24) is 0 Å². The Labute approximate surface area is 172 Å². The number of rotatable bonds is 3. The molecule has 7 heteroatoms. The molecule has 2 aliphatic heterocycles. The number of nitrogens with zero attached hydrogens (tertiary/aromatic N) is 2. The number of hydrogen-bond donors (Lipinski definition) is 1. The molecule has 0 spiro atoms. The number of amides is 2. The molecule has 0 saturated carbocycles. The monoisotopic (exact) mass is 405 g/mol. The fourth-order valence-corrected chi connectivity index (χ4v) is 5.10. The Bertz CT molecular complexity index is 1050. The lowest BCUT2D eigenvalue weighted by atomic mass is 9.79. The molecule has 2 amide bonds. The molecule has 29 heavy (non-hydrogen) atoms. The van der Waals surface area contributed by atoms with Crippen molar-refractivity contribution < 1.29 is 14.3 Å². The normalized spacial score (nSPS) is 23.8. The lowest BCUT2D eigenvalue weighted by Gasteiger charge is -2.30. The highest BCUT2D eigenvalue weighted by Crippen LogP contribution is 2.50. The third-order valence-electron chi connectivity index (χ3n) is 5.37. The highest BCUT2D eigenvalue weighted by molar-refractivity contribution is 8.04. The summed E-state index contributed by atoms with van der Waals surface area (Å²) in [6.45, 7) is 1.94. The van der Waals surface area contributed by atoms with Crippen molar-refractivity contribution in [2.45, 2.75) is 18.1 Å². The lowest BCUT2D eigenvalue weighted by Crippen LogP contribution is -2.33. The van der Waals surface area contributed by atoms with E-state index in [4.69, 9.17) is 10.5 Å². The van der Waals surface area contributed by atoms with Gasteiger partial charge < -0.3 is 10.5 Å². The SMILES string of the molecule is COc1ccc([C@H]2C(C#N)=C(N)S[C@@H]3C(=O)N(c4ccc(C)cc4)C(=O)[C@H]32)cc1. The molecule has 0 aliphatic carbocycles. The molecule has 1 fully saturated rings. The van der Waals surface area contributed by atoms with E-state index in [-0.39, 0.29) is 11.8 Å². The van der Waals surface area contributed by atoms with Gasteiger partial charge in [0.25, 0.3) is 0 Å². The summed E-state index contributed by atoms with van der Waals surface area (Å²) in [5.74, 6) is -1.21. The average Bonchev–Trinajstić information content (AvgIpc) is 2.97. The van der Waals surface area contributed by atoms with Crippen LogP contribution in [0.4, 0.5) is 5.69 Å². The molecule has 1 saturated heterocycles. The standard InChI is InChI=1S/C22H19N3O3S/c1-12-3-7-14(8-4-12)25-21(26)18-17(13-5-9-15(28-2)10-6-13)16(11-23)20(24)29-19(18)22(25)27/h3-10,17-19H,24H2,1-2H3/t17-,18-,19-/m0/s1. The van der Waals surface area contributed by atoms with Crippen LogP contribution in [0.1, 0.15) is 17.0 Å². The second-order valence-corrected chi connectivity index (χ2v) is 8.24. The molecule has 0 radical (unpaired) electrons. The van der Waals surface area contributed by atoms with E-state index >= 15 is 0 Å². The van der Waals surface area contributed by atoms with Gasteiger partial charge in [0.2, 0.25) is 11.8 Å². The molecule has 2 N–H and O–H groups in total. The summed E-state index contributed by atoms with van der Waals surface area (Å²) in [7, 11) is 1.57. The van der Waals surface area contributed by atoms with E-state index in [1.807, 2.05) is 31.2 Å². The minimum atomic E-state index is -0.691. The molecule has 2 aromatic carbocycles. The molecular formula is C22H19N3O3S. The van der Waals surface area contributed by atoms with Crippen LogP contribution in [0, 0.1) is 24.2 Å². The third kappa shape index (κ3) is 3.06. The molecule has 2 heterocycles. The Kier molecular flexibility index (Phi) is 4.81. The zero-order valence-corrected chi connectivity index (χ0v) is 16.8. The molecule has 6 nitrogen and oxygen atoms in total. The topological polar surface area (TPSA) is 96.4 Å². The summed E-state index contributed by atoms with van der Waals surface area (Å²) in [6, 6.07) is 16.6. The molecule has 0 unspecified atom stereocenters. The van der Waals surface area contributed by atoms with E-state index in [0.29, 0.717) is 22.0 Å². The first-order chi connectivity index (χ1) is 14.0. The number of ether oxygens (including phenoxy) is 1. The summed E-state index contributed by atoms with van der Waals surface area (Å²) < 4.78 is 5.21. The zero-order valence-electron chi connectivity index (χ0n) is 16.0. The second kappa shape index (κ2) is 7.30. The molecule has 3 atom stereocenters. The number of imide groups is 1. The zero-order chi connectivity index (χ0) is 20.7. The first-order valence-electron chi connectivity index (χ1n) is 9.11. The van der Waals surface area contributed by atoms with Gasteiger partial charge in [-0.1, -0.05) is 41.6 Å². The number of nitriles is 1. The number of nitrogens with two attached hydrogens (primary N) is 1. The Balaban J connectivity index is 1.80. The van der Waals surface area contributed by atoms with Crippen molar-refractivity contribution in [2.75, 3.05) is 12.0 Å². The number of aryl methyl sites for hydroxylation is 1. The maximum absolute atomic E-state index is 13.4. The van der Waals surface area contributed by atoms with Gasteiger partial charge in [-0.3, -0.25) is 9.59 Å². The van der Waals surface area contributed by atoms with E-state index in [9.17, 15) is 14.9 Å². The van der Waals surface area contributed by atoms with E-state index in [2.05, 4.69) is 6.07 Å². The van der Waals surface area contributed by atoms with E-state index in [1.165, 1.54) is 4.90 Å². The van der Waals surface area contributed by atoms with Crippen molar-refractivity contribution in [2.24, 2.45) is 11.7 Å². The van der Waals surface area contributed by atoms with Crippen LogP contribution in [-0.4, -0.2) is 24.2 Å². The van der Waals surface area contributed by atoms with Crippen molar-refractivity contribution in [3.8, 4) is 11.8 Å². The summed E-state index contributed by atoms with van der Waals surface area (Å²) >= 11 is 1.11. The number of allylic oxidation sites excluding steroid dienone is 1.